The molecule has 2 unspecified atom stereocenters. The lowest BCUT2D eigenvalue weighted by molar-refractivity contribution is -0.151. The second-order valence-electron chi connectivity index (χ2n) is 6.70. The van der Waals surface area contributed by atoms with Gasteiger partial charge in [-0.2, -0.15) is 5.10 Å². The number of ether oxygens (including phenoxy) is 2. The number of carbonyl (C=O) groups is 2. The van der Waals surface area contributed by atoms with Crippen LogP contribution in [0.3, 0.4) is 0 Å². The minimum atomic E-state index is -0.434. The molecule has 1 aliphatic carbocycles. The van der Waals surface area contributed by atoms with Crippen molar-refractivity contribution in [3.8, 4) is 0 Å². The standard InChI is InChI=1S/C16H24N2O4/c1-16(2,3)18-10-11(9-17-18)14(19)22-13-8-6-5-7-12(13)15(20)21-4/h9-10,12-13H,5-8H2,1-4H3. The van der Waals surface area contributed by atoms with Crippen molar-refractivity contribution in [1.82, 2.24) is 9.78 Å². The van der Waals surface area contributed by atoms with Gasteiger partial charge in [-0.3, -0.25) is 9.48 Å². The predicted molar refractivity (Wildman–Crippen MR) is 80.4 cm³/mol. The number of hydrogen-bond acceptors (Lipinski definition) is 5. The van der Waals surface area contributed by atoms with Crippen molar-refractivity contribution < 1.29 is 19.1 Å². The van der Waals surface area contributed by atoms with E-state index in [0.29, 0.717) is 18.4 Å². The van der Waals surface area contributed by atoms with E-state index in [1.807, 2.05) is 20.8 Å². The molecule has 122 valence electrons. The summed E-state index contributed by atoms with van der Waals surface area (Å²) in [4.78, 5) is 24.1. The minimum Gasteiger partial charge on any atom is -0.469 e. The van der Waals surface area contributed by atoms with Gasteiger partial charge < -0.3 is 9.47 Å². The normalized spacial score (nSPS) is 22.2. The van der Waals surface area contributed by atoms with E-state index in [1.54, 1.807) is 10.9 Å². The average molecular weight is 308 g/mol. The molecule has 1 heterocycles. The highest BCUT2D eigenvalue weighted by molar-refractivity contribution is 5.89. The first-order valence-corrected chi connectivity index (χ1v) is 7.67. The summed E-state index contributed by atoms with van der Waals surface area (Å²) in [5.74, 6) is -1.10. The van der Waals surface area contributed by atoms with Crippen molar-refractivity contribution in [2.75, 3.05) is 7.11 Å². The third kappa shape index (κ3) is 3.67. The molecule has 0 radical (unpaired) electrons. The summed E-state index contributed by atoms with van der Waals surface area (Å²) >= 11 is 0. The van der Waals surface area contributed by atoms with Crippen LogP contribution in [0.15, 0.2) is 12.4 Å². The van der Waals surface area contributed by atoms with E-state index in [2.05, 4.69) is 5.10 Å². The number of rotatable bonds is 3. The van der Waals surface area contributed by atoms with Gasteiger partial charge in [0.25, 0.3) is 0 Å². The summed E-state index contributed by atoms with van der Waals surface area (Å²) in [7, 11) is 1.36. The van der Waals surface area contributed by atoms with E-state index in [0.717, 1.165) is 12.8 Å². The van der Waals surface area contributed by atoms with E-state index in [9.17, 15) is 9.59 Å². The van der Waals surface area contributed by atoms with Gasteiger partial charge in [0.15, 0.2) is 0 Å². The molecule has 0 aromatic carbocycles. The molecule has 6 heteroatoms. The number of aromatic nitrogens is 2. The van der Waals surface area contributed by atoms with Crippen LogP contribution in [0.25, 0.3) is 0 Å². The van der Waals surface area contributed by atoms with E-state index in [-0.39, 0.29) is 17.4 Å². The van der Waals surface area contributed by atoms with Gasteiger partial charge in [-0.25, -0.2) is 4.79 Å². The highest BCUT2D eigenvalue weighted by Gasteiger charge is 2.35. The first kappa shape index (κ1) is 16.5. The van der Waals surface area contributed by atoms with Crippen molar-refractivity contribution in [3.63, 3.8) is 0 Å². The van der Waals surface area contributed by atoms with Gasteiger partial charge in [-0.05, 0) is 40.0 Å². The van der Waals surface area contributed by atoms with E-state index >= 15 is 0 Å². The van der Waals surface area contributed by atoms with Gasteiger partial charge in [-0.1, -0.05) is 6.42 Å². The molecular formula is C16H24N2O4. The Kier molecular flexibility index (Phi) is 4.88. The van der Waals surface area contributed by atoms with Gasteiger partial charge >= 0.3 is 11.9 Å². The van der Waals surface area contributed by atoms with E-state index in [1.165, 1.54) is 13.3 Å². The van der Waals surface area contributed by atoms with Gasteiger partial charge in [0.2, 0.25) is 0 Å². The number of nitrogens with zero attached hydrogens (tertiary/aromatic N) is 2. The first-order valence-electron chi connectivity index (χ1n) is 7.67. The Balaban J connectivity index is 2.06. The van der Waals surface area contributed by atoms with Crippen LogP contribution in [-0.2, 0) is 19.8 Å². The monoisotopic (exact) mass is 308 g/mol. The summed E-state index contributed by atoms with van der Waals surface area (Å²) in [6, 6.07) is 0. The topological polar surface area (TPSA) is 70.4 Å². The Morgan fingerprint density at radius 2 is 1.95 bits per heavy atom. The smallest absolute Gasteiger partial charge is 0.341 e. The highest BCUT2D eigenvalue weighted by atomic mass is 16.6. The van der Waals surface area contributed by atoms with Crippen LogP contribution in [0, 0.1) is 5.92 Å². The molecule has 0 amide bonds. The van der Waals surface area contributed by atoms with Crippen LogP contribution in [0.1, 0.15) is 56.8 Å². The predicted octanol–water partition coefficient (Wildman–Crippen LogP) is 2.53. The zero-order valence-electron chi connectivity index (χ0n) is 13.7. The molecule has 2 atom stereocenters. The third-order valence-corrected chi connectivity index (χ3v) is 3.97. The summed E-state index contributed by atoms with van der Waals surface area (Å²) in [6.45, 7) is 6.01. The van der Waals surface area contributed by atoms with Gasteiger partial charge in [0, 0.05) is 6.20 Å². The Labute approximate surface area is 130 Å². The maximum atomic E-state index is 12.3. The lowest BCUT2D eigenvalue weighted by atomic mass is 9.86. The molecule has 0 spiro atoms. The molecule has 0 aliphatic heterocycles. The molecule has 1 aromatic rings. The van der Waals surface area contributed by atoms with Crippen molar-refractivity contribution >= 4 is 11.9 Å². The fourth-order valence-corrected chi connectivity index (χ4v) is 2.66. The summed E-state index contributed by atoms with van der Waals surface area (Å²) in [5.41, 5.74) is 0.210. The van der Waals surface area contributed by atoms with Crippen molar-refractivity contribution in [3.05, 3.63) is 18.0 Å². The molecule has 1 fully saturated rings. The minimum absolute atomic E-state index is 0.197. The van der Waals surface area contributed by atoms with Crippen LogP contribution in [-0.4, -0.2) is 34.9 Å². The van der Waals surface area contributed by atoms with Crippen LogP contribution >= 0.6 is 0 Å². The molecule has 22 heavy (non-hydrogen) atoms. The van der Waals surface area contributed by atoms with E-state index < -0.39 is 12.1 Å². The van der Waals surface area contributed by atoms with Crippen LogP contribution in [0.4, 0.5) is 0 Å². The summed E-state index contributed by atoms with van der Waals surface area (Å²) in [6.07, 6.45) is 6.07. The molecule has 1 aromatic heterocycles. The number of methoxy groups -OCH3 is 1. The van der Waals surface area contributed by atoms with Crippen molar-refractivity contribution in [2.24, 2.45) is 5.92 Å². The number of hydrogen-bond donors (Lipinski definition) is 0. The number of carbonyl (C=O) groups excluding carboxylic acids is 2. The second kappa shape index (κ2) is 6.50. The molecule has 2 rings (SSSR count). The Morgan fingerprint density at radius 1 is 1.27 bits per heavy atom. The van der Waals surface area contributed by atoms with Gasteiger partial charge in [0.05, 0.1) is 30.3 Å². The molecular weight excluding hydrogens is 284 g/mol. The molecule has 0 bridgehead atoms. The Hall–Kier alpha value is -1.85. The lowest BCUT2D eigenvalue weighted by Crippen LogP contribution is -2.36. The zero-order valence-corrected chi connectivity index (χ0v) is 13.7. The quantitative estimate of drug-likeness (QED) is 0.802. The zero-order chi connectivity index (χ0) is 16.3. The van der Waals surface area contributed by atoms with Crippen molar-refractivity contribution in [2.45, 2.75) is 58.1 Å². The summed E-state index contributed by atoms with van der Waals surface area (Å²) in [5, 5.41) is 4.20. The Morgan fingerprint density at radius 3 is 2.55 bits per heavy atom. The maximum absolute atomic E-state index is 12.3. The highest BCUT2D eigenvalue weighted by Crippen LogP contribution is 2.28. The van der Waals surface area contributed by atoms with E-state index in [4.69, 9.17) is 9.47 Å². The molecule has 6 nitrogen and oxygen atoms in total. The number of esters is 2. The largest absolute Gasteiger partial charge is 0.469 e. The molecule has 1 saturated carbocycles. The van der Waals surface area contributed by atoms with Crippen LogP contribution in [0.2, 0.25) is 0 Å². The van der Waals surface area contributed by atoms with Crippen molar-refractivity contribution in [1.29, 1.82) is 0 Å². The second-order valence-corrected chi connectivity index (χ2v) is 6.70. The molecule has 1 aliphatic rings. The third-order valence-electron chi connectivity index (χ3n) is 3.97. The first-order chi connectivity index (χ1) is 10.3. The van der Waals surface area contributed by atoms with Crippen LogP contribution in [0.5, 0.6) is 0 Å². The fourth-order valence-electron chi connectivity index (χ4n) is 2.66. The summed E-state index contributed by atoms with van der Waals surface area (Å²) < 4.78 is 12.1. The van der Waals surface area contributed by atoms with Gasteiger partial charge in [-0.15, -0.1) is 0 Å². The molecule has 0 saturated heterocycles. The Bertz CT molecular complexity index is 545. The SMILES string of the molecule is COC(=O)C1CCCCC1OC(=O)c1cnn(C(C)(C)C)c1. The fraction of sp³-hybridized carbons (Fsp3) is 0.688. The lowest BCUT2D eigenvalue weighted by Gasteiger charge is -2.28. The maximum Gasteiger partial charge on any atom is 0.341 e. The van der Waals surface area contributed by atoms with Crippen LogP contribution < -0.4 is 0 Å². The average Bonchev–Trinajstić information content (AvgIpc) is 2.97. The molecule has 0 N–H and O–H groups in total. The van der Waals surface area contributed by atoms with Gasteiger partial charge in [0.1, 0.15) is 6.10 Å².